The van der Waals surface area contributed by atoms with E-state index in [0.29, 0.717) is 5.76 Å². The molecule has 1 heterocycles. The van der Waals surface area contributed by atoms with Gasteiger partial charge in [-0.2, -0.15) is 0 Å². The van der Waals surface area contributed by atoms with Gasteiger partial charge in [-0.1, -0.05) is 36.7 Å². The highest BCUT2D eigenvalue weighted by atomic mass is 35.5. The number of carboxylic acids is 1. The average Bonchev–Trinajstić information content (AvgIpc) is 2.97. The first kappa shape index (κ1) is 17.0. The SMILES string of the molecule is CC(C)c1cc(C(=O)NC(C(=O)O)c2ccc(Cl)c(F)c2)no1. The van der Waals surface area contributed by atoms with E-state index in [2.05, 4.69) is 10.5 Å². The van der Waals surface area contributed by atoms with Gasteiger partial charge in [0, 0.05) is 12.0 Å². The van der Waals surface area contributed by atoms with E-state index in [0.717, 1.165) is 6.07 Å². The molecule has 0 aliphatic rings. The van der Waals surface area contributed by atoms with Crippen molar-refractivity contribution >= 4 is 23.5 Å². The molecule has 0 saturated carbocycles. The van der Waals surface area contributed by atoms with Crippen molar-refractivity contribution in [1.82, 2.24) is 10.5 Å². The number of nitrogens with zero attached hydrogens (tertiary/aromatic N) is 1. The minimum atomic E-state index is -1.44. The zero-order valence-corrected chi connectivity index (χ0v) is 13.1. The lowest BCUT2D eigenvalue weighted by Crippen LogP contribution is -2.34. The molecular weight excluding hydrogens is 327 g/mol. The molecule has 23 heavy (non-hydrogen) atoms. The molecule has 0 radical (unpaired) electrons. The molecule has 1 unspecified atom stereocenters. The topological polar surface area (TPSA) is 92.4 Å². The van der Waals surface area contributed by atoms with E-state index >= 15 is 0 Å². The monoisotopic (exact) mass is 340 g/mol. The van der Waals surface area contributed by atoms with Gasteiger partial charge in [0.15, 0.2) is 11.7 Å². The third kappa shape index (κ3) is 3.87. The molecule has 0 bridgehead atoms. The van der Waals surface area contributed by atoms with Crippen LogP contribution >= 0.6 is 11.6 Å². The number of carbonyl (C=O) groups is 2. The van der Waals surface area contributed by atoms with Gasteiger partial charge in [-0.25, -0.2) is 9.18 Å². The second-order valence-electron chi connectivity index (χ2n) is 5.19. The number of hydrogen-bond donors (Lipinski definition) is 2. The van der Waals surface area contributed by atoms with Gasteiger partial charge in [-0.3, -0.25) is 4.79 Å². The third-order valence-electron chi connectivity index (χ3n) is 3.13. The van der Waals surface area contributed by atoms with Crippen LogP contribution in [0.1, 0.15) is 47.6 Å². The second kappa shape index (κ2) is 6.78. The van der Waals surface area contributed by atoms with E-state index < -0.39 is 23.7 Å². The van der Waals surface area contributed by atoms with Crippen LogP contribution in [-0.2, 0) is 4.79 Å². The number of rotatable bonds is 5. The Labute approximate surface area is 136 Å². The minimum absolute atomic E-state index is 0.0321. The van der Waals surface area contributed by atoms with E-state index in [1.807, 2.05) is 13.8 Å². The lowest BCUT2D eigenvalue weighted by atomic mass is 10.1. The van der Waals surface area contributed by atoms with E-state index in [1.54, 1.807) is 0 Å². The zero-order chi connectivity index (χ0) is 17.1. The summed E-state index contributed by atoms with van der Waals surface area (Å²) < 4.78 is 18.5. The highest BCUT2D eigenvalue weighted by molar-refractivity contribution is 6.30. The van der Waals surface area contributed by atoms with Crippen LogP contribution in [0.25, 0.3) is 0 Å². The van der Waals surface area contributed by atoms with E-state index in [-0.39, 0.29) is 22.2 Å². The van der Waals surface area contributed by atoms with Crippen molar-refractivity contribution in [2.75, 3.05) is 0 Å². The molecule has 2 aromatic rings. The van der Waals surface area contributed by atoms with Gasteiger partial charge in [0.05, 0.1) is 5.02 Å². The Hall–Kier alpha value is -2.41. The van der Waals surface area contributed by atoms with Gasteiger partial charge in [0.25, 0.3) is 5.91 Å². The fraction of sp³-hybridized carbons (Fsp3) is 0.267. The lowest BCUT2D eigenvalue weighted by molar-refractivity contribution is -0.139. The molecule has 0 fully saturated rings. The van der Waals surface area contributed by atoms with Gasteiger partial charge in [0.1, 0.15) is 11.6 Å². The second-order valence-corrected chi connectivity index (χ2v) is 5.59. The van der Waals surface area contributed by atoms with Crippen LogP contribution in [0, 0.1) is 5.82 Å². The maximum Gasteiger partial charge on any atom is 0.330 e. The lowest BCUT2D eigenvalue weighted by Gasteiger charge is -2.14. The van der Waals surface area contributed by atoms with E-state index in [4.69, 9.17) is 16.1 Å². The molecule has 1 aromatic heterocycles. The predicted octanol–water partition coefficient (Wildman–Crippen LogP) is 3.15. The van der Waals surface area contributed by atoms with Crippen molar-refractivity contribution in [2.45, 2.75) is 25.8 Å². The van der Waals surface area contributed by atoms with Crippen LogP contribution in [0.3, 0.4) is 0 Å². The molecule has 1 amide bonds. The highest BCUT2D eigenvalue weighted by Gasteiger charge is 2.25. The number of aliphatic carboxylic acids is 1. The van der Waals surface area contributed by atoms with Crippen molar-refractivity contribution in [3.63, 3.8) is 0 Å². The fourth-order valence-corrected chi connectivity index (χ4v) is 1.97. The molecule has 2 N–H and O–H groups in total. The van der Waals surface area contributed by atoms with Crippen molar-refractivity contribution in [2.24, 2.45) is 0 Å². The molecule has 0 aliphatic heterocycles. The van der Waals surface area contributed by atoms with Crippen LogP contribution in [0.4, 0.5) is 4.39 Å². The number of carboxylic acid groups (broad SMARTS) is 1. The van der Waals surface area contributed by atoms with Crippen molar-refractivity contribution < 1.29 is 23.6 Å². The summed E-state index contributed by atoms with van der Waals surface area (Å²) in [6.45, 7) is 3.72. The molecule has 0 saturated heterocycles. The van der Waals surface area contributed by atoms with E-state index in [1.165, 1.54) is 18.2 Å². The Balaban J connectivity index is 2.23. The maximum atomic E-state index is 13.5. The molecule has 1 atom stereocenters. The number of carbonyl (C=O) groups excluding carboxylic acids is 1. The van der Waals surface area contributed by atoms with Gasteiger partial charge in [-0.05, 0) is 17.7 Å². The van der Waals surface area contributed by atoms with Gasteiger partial charge in [0.2, 0.25) is 0 Å². The first-order chi connectivity index (χ1) is 10.8. The quantitative estimate of drug-likeness (QED) is 0.872. The van der Waals surface area contributed by atoms with Crippen LogP contribution in [0.15, 0.2) is 28.8 Å². The molecule has 0 aliphatic carbocycles. The summed E-state index contributed by atoms with van der Waals surface area (Å²) in [5, 5.41) is 15.0. The zero-order valence-electron chi connectivity index (χ0n) is 12.3. The number of benzene rings is 1. The molecule has 1 aromatic carbocycles. The number of hydrogen-bond acceptors (Lipinski definition) is 4. The fourth-order valence-electron chi connectivity index (χ4n) is 1.85. The molecule has 0 spiro atoms. The Morgan fingerprint density at radius 3 is 2.57 bits per heavy atom. The first-order valence-corrected chi connectivity index (χ1v) is 7.12. The Bertz CT molecular complexity index is 745. The Kier molecular flexibility index (Phi) is 5.00. The summed E-state index contributed by atoms with van der Waals surface area (Å²) in [4.78, 5) is 23.5. The summed E-state index contributed by atoms with van der Waals surface area (Å²) in [6.07, 6.45) is 0. The number of amides is 1. The first-order valence-electron chi connectivity index (χ1n) is 6.74. The summed E-state index contributed by atoms with van der Waals surface area (Å²) in [7, 11) is 0. The minimum Gasteiger partial charge on any atom is -0.479 e. The van der Waals surface area contributed by atoms with Crippen molar-refractivity contribution in [1.29, 1.82) is 0 Å². The Morgan fingerprint density at radius 2 is 2.04 bits per heavy atom. The normalized spacial score (nSPS) is 12.2. The van der Waals surface area contributed by atoms with Crippen LogP contribution in [-0.4, -0.2) is 22.1 Å². The third-order valence-corrected chi connectivity index (χ3v) is 3.44. The summed E-state index contributed by atoms with van der Waals surface area (Å²) in [5.74, 6) is -2.31. The van der Waals surface area contributed by atoms with Gasteiger partial charge < -0.3 is 14.9 Å². The summed E-state index contributed by atoms with van der Waals surface area (Å²) in [5.41, 5.74) is 0.00899. The Morgan fingerprint density at radius 1 is 1.35 bits per heavy atom. The number of aromatic nitrogens is 1. The molecule has 2 rings (SSSR count). The van der Waals surface area contributed by atoms with Crippen LogP contribution in [0.5, 0.6) is 0 Å². The smallest absolute Gasteiger partial charge is 0.330 e. The summed E-state index contributed by atoms with van der Waals surface area (Å²) >= 11 is 5.57. The number of halogens is 2. The largest absolute Gasteiger partial charge is 0.479 e. The van der Waals surface area contributed by atoms with Crippen molar-refractivity contribution in [3.05, 3.63) is 52.1 Å². The standard InChI is InChI=1S/C15H14ClFN2O4/c1-7(2)12-6-11(19-23-12)14(20)18-13(15(21)22)8-3-4-9(16)10(17)5-8/h3-7,13H,1-2H3,(H,18,20)(H,21,22). The number of nitrogens with one attached hydrogen (secondary N) is 1. The van der Waals surface area contributed by atoms with Gasteiger partial charge in [-0.15, -0.1) is 0 Å². The van der Waals surface area contributed by atoms with Crippen LogP contribution in [0.2, 0.25) is 5.02 Å². The van der Waals surface area contributed by atoms with Crippen LogP contribution < -0.4 is 5.32 Å². The van der Waals surface area contributed by atoms with Gasteiger partial charge >= 0.3 is 5.97 Å². The molecule has 8 heteroatoms. The van der Waals surface area contributed by atoms with E-state index in [9.17, 15) is 19.1 Å². The summed E-state index contributed by atoms with van der Waals surface area (Å²) in [6, 6.07) is 3.51. The molecule has 6 nitrogen and oxygen atoms in total. The molecular formula is C15H14ClFN2O4. The molecule has 122 valence electrons. The predicted molar refractivity (Wildman–Crippen MR) is 79.8 cm³/mol. The van der Waals surface area contributed by atoms with Crippen molar-refractivity contribution in [3.8, 4) is 0 Å². The highest BCUT2D eigenvalue weighted by Crippen LogP contribution is 2.21. The maximum absolute atomic E-state index is 13.5. The average molecular weight is 341 g/mol.